The maximum atomic E-state index is 10.8. The van der Waals surface area contributed by atoms with E-state index in [9.17, 15) is 15.0 Å². The summed E-state index contributed by atoms with van der Waals surface area (Å²) in [4.78, 5) is 14.5. The number of nitrogens with one attached hydrogen (secondary N) is 2. The van der Waals surface area contributed by atoms with Gasteiger partial charge in [0.1, 0.15) is 12.0 Å². The largest absolute Gasteiger partial charge is 0.506 e. The van der Waals surface area contributed by atoms with Crippen LogP contribution in [0.25, 0.3) is 6.08 Å². The van der Waals surface area contributed by atoms with Gasteiger partial charge in [-0.1, -0.05) is 43.9 Å². The number of aromatic hydroxyl groups is 1. The molecule has 1 saturated carbocycles. The molecule has 1 unspecified atom stereocenters. The number of benzene rings is 2. The molecule has 0 amide bonds. The van der Waals surface area contributed by atoms with Crippen molar-refractivity contribution in [3.63, 3.8) is 0 Å². The minimum Gasteiger partial charge on any atom is -0.506 e. The van der Waals surface area contributed by atoms with E-state index in [0.29, 0.717) is 29.6 Å². The fourth-order valence-corrected chi connectivity index (χ4v) is 6.61. The third-order valence-electron chi connectivity index (χ3n) is 7.51. The second-order valence-corrected chi connectivity index (χ2v) is 12.2. The third-order valence-corrected chi connectivity index (χ3v) is 8.84. The van der Waals surface area contributed by atoms with Crippen molar-refractivity contribution in [2.75, 3.05) is 52.3 Å². The number of likely N-dealkylation sites (N-methyl/N-ethyl adjacent to an activating group) is 1. The number of aldehydes is 1. The van der Waals surface area contributed by atoms with Crippen LogP contribution in [0.15, 0.2) is 47.4 Å². The zero-order chi connectivity index (χ0) is 29.3. The lowest BCUT2D eigenvalue weighted by Crippen LogP contribution is -2.23. The Labute approximate surface area is 250 Å². The number of allylic oxidation sites excluding steroid dienone is 1. The van der Waals surface area contributed by atoms with Crippen LogP contribution in [0.3, 0.4) is 0 Å². The van der Waals surface area contributed by atoms with E-state index >= 15 is 0 Å². The van der Waals surface area contributed by atoms with Gasteiger partial charge in [-0.2, -0.15) is 0 Å². The van der Waals surface area contributed by atoms with Gasteiger partial charge >= 0.3 is 0 Å². The van der Waals surface area contributed by atoms with Crippen molar-refractivity contribution in [3.8, 4) is 5.75 Å². The molecule has 226 valence electrons. The highest BCUT2D eigenvalue weighted by Crippen LogP contribution is 2.35. The first kappa shape index (κ1) is 33.1. The van der Waals surface area contributed by atoms with Gasteiger partial charge in [0.15, 0.2) is 0 Å². The lowest BCUT2D eigenvalue weighted by molar-refractivity contribution is -0.104. The summed E-state index contributed by atoms with van der Waals surface area (Å²) in [5, 5.41) is 27.9. The van der Waals surface area contributed by atoms with E-state index in [1.807, 2.05) is 0 Å². The van der Waals surface area contributed by atoms with E-state index in [4.69, 9.17) is 4.74 Å². The number of phenols is 1. The predicted molar refractivity (Wildman–Crippen MR) is 171 cm³/mol. The van der Waals surface area contributed by atoms with Gasteiger partial charge in [-0.3, -0.25) is 9.69 Å². The summed E-state index contributed by atoms with van der Waals surface area (Å²) in [7, 11) is 3.86. The second-order valence-electron chi connectivity index (χ2n) is 10.9. The quantitative estimate of drug-likeness (QED) is 0.0652. The molecule has 0 radical (unpaired) electrons. The second kappa shape index (κ2) is 18.9. The number of hydrogen-bond donors (Lipinski definition) is 4. The summed E-state index contributed by atoms with van der Waals surface area (Å²) >= 11 is 2.05. The Kier molecular flexibility index (Phi) is 15.3. The Hall–Kier alpha value is -2.36. The van der Waals surface area contributed by atoms with E-state index in [-0.39, 0.29) is 5.75 Å². The van der Waals surface area contributed by atoms with Crippen molar-refractivity contribution in [1.29, 1.82) is 0 Å². The van der Waals surface area contributed by atoms with Crippen molar-refractivity contribution in [2.45, 2.75) is 74.2 Å². The molecule has 2 aromatic rings. The topological polar surface area (TPSA) is 94.1 Å². The predicted octanol–water partition coefficient (Wildman–Crippen LogP) is 6.01. The molecule has 0 saturated heterocycles. The molecule has 1 aliphatic carbocycles. The van der Waals surface area contributed by atoms with E-state index in [0.717, 1.165) is 63.8 Å². The Morgan fingerprint density at radius 1 is 1.12 bits per heavy atom. The van der Waals surface area contributed by atoms with Crippen LogP contribution < -0.4 is 10.6 Å². The normalized spacial score (nSPS) is 14.7. The maximum absolute atomic E-state index is 10.8. The summed E-state index contributed by atoms with van der Waals surface area (Å²) in [6.07, 6.45) is 12.7. The number of hydrogen-bond acceptors (Lipinski definition) is 8. The number of thioether (sulfide) groups is 1. The molecule has 0 aromatic heterocycles. The van der Waals surface area contributed by atoms with Gasteiger partial charge in [0, 0.05) is 49.0 Å². The molecule has 2 aromatic carbocycles. The molecular weight excluding hydrogens is 534 g/mol. The molecule has 3 rings (SSSR count). The summed E-state index contributed by atoms with van der Waals surface area (Å²) in [6, 6.07) is 12.3. The Morgan fingerprint density at radius 2 is 1.93 bits per heavy atom. The number of unbranched alkanes of at least 4 members (excludes halogenated alkanes) is 3. The van der Waals surface area contributed by atoms with Crippen LogP contribution in [0.5, 0.6) is 5.75 Å². The van der Waals surface area contributed by atoms with Crippen molar-refractivity contribution in [1.82, 2.24) is 10.2 Å². The number of carbonyl (C=O) groups excluding carboxylic acids is 1. The summed E-state index contributed by atoms with van der Waals surface area (Å²) in [5.41, 5.74) is 3.14. The molecule has 1 aliphatic rings. The fraction of sp³-hybridized carbons (Fsp3) is 0.545. The molecule has 1 atom stereocenters. The molecule has 8 heteroatoms. The van der Waals surface area contributed by atoms with Crippen LogP contribution in [0, 0.1) is 0 Å². The van der Waals surface area contributed by atoms with Crippen LogP contribution in [0.2, 0.25) is 0 Å². The first-order valence-corrected chi connectivity index (χ1v) is 16.0. The minimum absolute atomic E-state index is 0.0764. The van der Waals surface area contributed by atoms with Gasteiger partial charge in [-0.25, -0.2) is 0 Å². The lowest BCUT2D eigenvalue weighted by Gasteiger charge is -2.18. The smallest absolute Gasteiger partial charge is 0.142 e. The zero-order valence-corrected chi connectivity index (χ0v) is 25.6. The molecule has 41 heavy (non-hydrogen) atoms. The highest BCUT2D eigenvalue weighted by Gasteiger charge is 2.17. The Morgan fingerprint density at radius 3 is 2.71 bits per heavy atom. The van der Waals surface area contributed by atoms with E-state index < -0.39 is 6.10 Å². The van der Waals surface area contributed by atoms with Crippen LogP contribution in [-0.4, -0.2) is 73.6 Å². The molecule has 7 nitrogen and oxygen atoms in total. The molecule has 0 spiro atoms. The number of aliphatic hydroxyl groups excluding tert-OH is 1. The molecule has 1 fully saturated rings. The van der Waals surface area contributed by atoms with E-state index in [2.05, 4.69) is 58.6 Å². The molecule has 0 bridgehead atoms. The monoisotopic (exact) mass is 583 g/mol. The number of nitrogens with zero attached hydrogens (tertiary/aromatic N) is 1. The maximum Gasteiger partial charge on any atom is 0.142 e. The third kappa shape index (κ3) is 11.8. The van der Waals surface area contributed by atoms with Crippen LogP contribution in [0.1, 0.15) is 74.2 Å². The first-order valence-electron chi connectivity index (χ1n) is 15.1. The van der Waals surface area contributed by atoms with Gasteiger partial charge in [0.25, 0.3) is 0 Å². The minimum atomic E-state index is -0.750. The van der Waals surface area contributed by atoms with Gasteiger partial charge in [-0.15, -0.1) is 11.8 Å². The zero-order valence-electron chi connectivity index (χ0n) is 24.8. The van der Waals surface area contributed by atoms with Gasteiger partial charge in [0.05, 0.1) is 18.4 Å². The van der Waals surface area contributed by atoms with Gasteiger partial charge in [-0.05, 0) is 80.8 Å². The van der Waals surface area contributed by atoms with Crippen LogP contribution in [-0.2, 0) is 16.1 Å². The van der Waals surface area contributed by atoms with Crippen molar-refractivity contribution < 1.29 is 19.7 Å². The average Bonchev–Trinajstić information content (AvgIpc) is 3.47. The molecule has 0 heterocycles. The fourth-order valence-electron chi connectivity index (χ4n) is 5.28. The van der Waals surface area contributed by atoms with Crippen molar-refractivity contribution in [2.24, 2.45) is 0 Å². The number of rotatable bonds is 20. The van der Waals surface area contributed by atoms with E-state index in [1.165, 1.54) is 42.2 Å². The summed E-state index contributed by atoms with van der Waals surface area (Å²) < 4.78 is 5.88. The molecular formula is C33H49N3O4S. The molecule has 4 N–H and O–H groups in total. The number of phenolic OH excluding ortho intramolecular Hbond substituents is 1. The number of ether oxygens (including phenoxy) is 1. The summed E-state index contributed by atoms with van der Waals surface area (Å²) in [5.74, 6) is 0.0764. The highest BCUT2D eigenvalue weighted by atomic mass is 32.2. The number of aliphatic hydroxyl groups is 1. The lowest BCUT2D eigenvalue weighted by atomic mass is 9.99. The average molecular weight is 584 g/mol. The Bertz CT molecular complexity index is 1070. The van der Waals surface area contributed by atoms with Crippen LogP contribution >= 0.6 is 11.8 Å². The summed E-state index contributed by atoms with van der Waals surface area (Å²) in [6.45, 7) is 4.64. The van der Waals surface area contributed by atoms with Crippen molar-refractivity contribution >= 4 is 29.8 Å². The highest BCUT2D eigenvalue weighted by molar-refractivity contribution is 8.00. The standard InChI is InChI=1S/C33H49N3O4S/c1-34-33-30(15-10-20-37)29(16-17-31(33)38)32(39)24-35-18-7-3-4-8-21-40-22-19-36(2)25-26-11-9-14-28(23-26)41-27-12-5-6-13-27/h9-11,14-17,20,23,27,32,34-35,38-39H,3-8,12-13,18-19,21-22,24-25H2,1-2H3/b15-10-. The number of carbonyl (C=O) groups is 1. The number of anilines is 1. The van der Waals surface area contributed by atoms with Crippen molar-refractivity contribution in [3.05, 3.63) is 59.2 Å². The molecule has 0 aliphatic heterocycles. The Balaban J connectivity index is 1.22. The SMILES string of the molecule is CNc1c(O)ccc(C(O)CNCCCCCCOCCN(C)Cc2cccc(SC3CCCC3)c2)c1/C=C\C=O. The van der Waals surface area contributed by atoms with Crippen LogP contribution in [0.4, 0.5) is 5.69 Å². The van der Waals surface area contributed by atoms with Gasteiger partial charge < -0.3 is 25.6 Å². The van der Waals surface area contributed by atoms with E-state index in [1.54, 1.807) is 25.3 Å². The first-order chi connectivity index (χ1) is 20.0. The van der Waals surface area contributed by atoms with Gasteiger partial charge in [0.2, 0.25) is 0 Å².